The van der Waals surface area contributed by atoms with Gasteiger partial charge in [-0.05, 0) is 42.2 Å². The molecule has 1 heterocycles. The first kappa shape index (κ1) is 20.4. The van der Waals surface area contributed by atoms with Crippen LogP contribution in [0, 0.1) is 0 Å². The molecule has 1 aliphatic rings. The summed E-state index contributed by atoms with van der Waals surface area (Å²) in [5.41, 5.74) is 4.53. The van der Waals surface area contributed by atoms with Crippen LogP contribution >= 0.6 is 23.5 Å². The van der Waals surface area contributed by atoms with Gasteiger partial charge < -0.3 is 5.32 Å². The molecule has 1 N–H and O–H groups in total. The molecule has 0 aromatic heterocycles. The fourth-order valence-electron chi connectivity index (χ4n) is 3.08. The molecule has 150 valence electrons. The van der Waals surface area contributed by atoms with Crippen molar-refractivity contribution in [2.24, 2.45) is 9.98 Å². The number of nitrogens with one attached hydrogen (secondary N) is 1. The highest BCUT2D eigenvalue weighted by molar-refractivity contribution is 8.14. The smallest absolute Gasteiger partial charge is 0.234 e. The first-order valence-corrected chi connectivity index (χ1v) is 11.8. The number of nitrogens with zero attached hydrogens (tertiary/aromatic N) is 2. The number of hydrogen-bond acceptors (Lipinski definition) is 5. The van der Waals surface area contributed by atoms with Crippen LogP contribution in [0.3, 0.4) is 0 Å². The van der Waals surface area contributed by atoms with Gasteiger partial charge in [-0.25, -0.2) is 4.99 Å². The molecular formula is C24H21N3OS2. The van der Waals surface area contributed by atoms with E-state index < -0.39 is 0 Å². The fourth-order valence-corrected chi connectivity index (χ4v) is 4.31. The maximum atomic E-state index is 12.5. The highest BCUT2D eigenvalue weighted by Crippen LogP contribution is 2.33. The third-order valence-corrected chi connectivity index (χ3v) is 6.23. The summed E-state index contributed by atoms with van der Waals surface area (Å²) < 4.78 is 0. The van der Waals surface area contributed by atoms with Crippen molar-refractivity contribution in [3.63, 3.8) is 0 Å². The molecule has 30 heavy (non-hydrogen) atoms. The van der Waals surface area contributed by atoms with E-state index in [2.05, 4.69) is 17.4 Å². The lowest BCUT2D eigenvalue weighted by Gasteiger charge is -2.09. The zero-order chi connectivity index (χ0) is 20.8. The van der Waals surface area contributed by atoms with Gasteiger partial charge in [0.15, 0.2) is 0 Å². The molecule has 1 aliphatic heterocycles. The second-order valence-corrected chi connectivity index (χ2v) is 8.59. The van der Waals surface area contributed by atoms with Crippen molar-refractivity contribution in [3.05, 3.63) is 84.4 Å². The summed E-state index contributed by atoms with van der Waals surface area (Å²) in [6.07, 6.45) is 2.61. The SMILES string of the molecule is CSc1cccc(NC(=O)CSC2=Nc3ccccc3N=C(c3ccccc3)C2)c1. The van der Waals surface area contributed by atoms with Gasteiger partial charge in [0.1, 0.15) is 0 Å². The summed E-state index contributed by atoms with van der Waals surface area (Å²) in [6, 6.07) is 25.8. The molecule has 6 heteroatoms. The highest BCUT2D eigenvalue weighted by Gasteiger charge is 2.16. The van der Waals surface area contributed by atoms with Crippen molar-refractivity contribution < 1.29 is 4.79 Å². The van der Waals surface area contributed by atoms with Gasteiger partial charge in [0.2, 0.25) is 5.91 Å². The number of carbonyl (C=O) groups is 1. The summed E-state index contributed by atoms with van der Waals surface area (Å²) in [7, 11) is 0. The first-order chi connectivity index (χ1) is 14.7. The van der Waals surface area contributed by atoms with Crippen molar-refractivity contribution in [1.82, 2.24) is 0 Å². The minimum atomic E-state index is -0.0447. The van der Waals surface area contributed by atoms with Crippen molar-refractivity contribution in [2.45, 2.75) is 11.3 Å². The number of benzene rings is 3. The molecule has 0 aliphatic carbocycles. The normalized spacial score (nSPS) is 13.0. The van der Waals surface area contributed by atoms with Gasteiger partial charge in [-0.1, -0.05) is 48.5 Å². The molecule has 4 nitrogen and oxygen atoms in total. The average Bonchev–Trinajstić information content (AvgIpc) is 2.98. The van der Waals surface area contributed by atoms with E-state index in [1.54, 1.807) is 11.8 Å². The molecule has 0 atom stereocenters. The third kappa shape index (κ3) is 5.20. The fraction of sp³-hybridized carbons (Fsp3) is 0.125. The van der Waals surface area contributed by atoms with E-state index in [0.29, 0.717) is 12.2 Å². The second-order valence-electron chi connectivity index (χ2n) is 6.66. The number of aliphatic imine (C=N–C) groups is 2. The molecule has 3 aromatic rings. The quantitative estimate of drug-likeness (QED) is 0.480. The average molecular weight is 432 g/mol. The number of thioether (sulfide) groups is 2. The van der Waals surface area contributed by atoms with E-state index in [9.17, 15) is 4.79 Å². The molecule has 0 saturated heterocycles. The number of para-hydroxylation sites is 2. The Hall–Kier alpha value is -2.83. The molecule has 0 unspecified atom stereocenters. The number of amides is 1. The first-order valence-electron chi connectivity index (χ1n) is 9.57. The zero-order valence-corrected chi connectivity index (χ0v) is 18.2. The van der Waals surface area contributed by atoms with Crippen LogP contribution in [0.4, 0.5) is 17.1 Å². The number of rotatable bonds is 5. The van der Waals surface area contributed by atoms with Crippen molar-refractivity contribution in [2.75, 3.05) is 17.3 Å². The van der Waals surface area contributed by atoms with Gasteiger partial charge >= 0.3 is 0 Å². The van der Waals surface area contributed by atoms with Crippen LogP contribution < -0.4 is 5.32 Å². The standard InChI is InChI=1S/C24H21N3OS2/c1-29-19-11-7-10-18(14-19)25-23(28)16-30-24-15-22(17-8-3-2-4-9-17)26-20-12-5-6-13-21(20)27-24/h2-14H,15-16H2,1H3,(H,25,28). The van der Waals surface area contributed by atoms with E-state index >= 15 is 0 Å². The monoisotopic (exact) mass is 431 g/mol. The molecule has 0 fully saturated rings. The molecular weight excluding hydrogens is 410 g/mol. The van der Waals surface area contributed by atoms with Gasteiger partial charge in [0.05, 0.1) is 27.9 Å². The van der Waals surface area contributed by atoms with Crippen LogP contribution in [0.2, 0.25) is 0 Å². The zero-order valence-electron chi connectivity index (χ0n) is 16.5. The molecule has 0 bridgehead atoms. The van der Waals surface area contributed by atoms with Crippen LogP contribution in [0.1, 0.15) is 12.0 Å². The lowest BCUT2D eigenvalue weighted by Crippen LogP contribution is -2.16. The van der Waals surface area contributed by atoms with E-state index in [-0.39, 0.29) is 5.91 Å². The van der Waals surface area contributed by atoms with Crippen molar-refractivity contribution in [1.29, 1.82) is 0 Å². The molecule has 4 rings (SSSR count). The van der Waals surface area contributed by atoms with Gasteiger partial charge in [0.25, 0.3) is 0 Å². The summed E-state index contributed by atoms with van der Waals surface area (Å²) >= 11 is 3.11. The van der Waals surface area contributed by atoms with E-state index in [1.165, 1.54) is 11.8 Å². The Kier molecular flexibility index (Phi) is 6.67. The van der Waals surface area contributed by atoms with Gasteiger partial charge in [-0.3, -0.25) is 9.79 Å². The van der Waals surface area contributed by atoms with Crippen LogP contribution in [0.5, 0.6) is 0 Å². The Morgan fingerprint density at radius 3 is 2.43 bits per heavy atom. The number of hydrogen-bond donors (Lipinski definition) is 1. The van der Waals surface area contributed by atoms with Crippen LogP contribution in [-0.2, 0) is 4.79 Å². The largest absolute Gasteiger partial charge is 0.325 e. The lowest BCUT2D eigenvalue weighted by molar-refractivity contribution is -0.113. The molecule has 0 saturated carbocycles. The maximum absolute atomic E-state index is 12.5. The summed E-state index contributed by atoms with van der Waals surface area (Å²) in [5, 5.41) is 3.86. The van der Waals surface area contributed by atoms with Crippen molar-refractivity contribution in [3.8, 4) is 0 Å². The van der Waals surface area contributed by atoms with Crippen LogP contribution in [-0.4, -0.2) is 28.7 Å². The van der Waals surface area contributed by atoms with E-state index in [4.69, 9.17) is 9.98 Å². The van der Waals surface area contributed by atoms with Gasteiger partial charge in [0, 0.05) is 17.0 Å². The molecule has 0 radical (unpaired) electrons. The number of fused-ring (bicyclic) bond motifs is 1. The predicted octanol–water partition coefficient (Wildman–Crippen LogP) is 6.33. The Morgan fingerprint density at radius 1 is 0.933 bits per heavy atom. The second kappa shape index (κ2) is 9.78. The van der Waals surface area contributed by atoms with Gasteiger partial charge in [-0.15, -0.1) is 23.5 Å². The number of carbonyl (C=O) groups excluding carboxylic acids is 1. The third-order valence-electron chi connectivity index (χ3n) is 4.53. The van der Waals surface area contributed by atoms with E-state index in [0.717, 1.165) is 38.3 Å². The summed E-state index contributed by atoms with van der Waals surface area (Å²) in [6.45, 7) is 0. The Bertz CT molecular complexity index is 1110. The Balaban J connectivity index is 1.50. The number of anilines is 1. The Labute approximate surface area is 184 Å². The van der Waals surface area contributed by atoms with E-state index in [1.807, 2.05) is 73.0 Å². The molecule has 0 spiro atoms. The predicted molar refractivity (Wildman–Crippen MR) is 130 cm³/mol. The van der Waals surface area contributed by atoms with Gasteiger partial charge in [-0.2, -0.15) is 0 Å². The van der Waals surface area contributed by atoms with Crippen LogP contribution in [0.25, 0.3) is 0 Å². The minimum Gasteiger partial charge on any atom is -0.325 e. The summed E-state index contributed by atoms with van der Waals surface area (Å²) in [5.74, 6) is 0.253. The summed E-state index contributed by atoms with van der Waals surface area (Å²) in [4.78, 5) is 23.3. The Morgan fingerprint density at radius 2 is 1.67 bits per heavy atom. The molecule has 3 aromatic carbocycles. The minimum absolute atomic E-state index is 0.0447. The van der Waals surface area contributed by atoms with Crippen LogP contribution in [0.15, 0.2) is 93.7 Å². The topological polar surface area (TPSA) is 53.8 Å². The highest BCUT2D eigenvalue weighted by atomic mass is 32.2. The lowest BCUT2D eigenvalue weighted by atomic mass is 10.1. The van der Waals surface area contributed by atoms with Crippen molar-refractivity contribution >= 4 is 57.2 Å². The maximum Gasteiger partial charge on any atom is 0.234 e. The molecule has 1 amide bonds.